The van der Waals surface area contributed by atoms with Crippen LogP contribution >= 0.6 is 11.5 Å². The van der Waals surface area contributed by atoms with Crippen LogP contribution in [0.5, 0.6) is 0 Å². The van der Waals surface area contributed by atoms with Crippen LogP contribution in [0.2, 0.25) is 0 Å². The molecule has 108 valence electrons. The summed E-state index contributed by atoms with van der Waals surface area (Å²) in [6, 6.07) is 8.46. The number of hydrogen-bond acceptors (Lipinski definition) is 5. The molecule has 0 saturated heterocycles. The van der Waals surface area contributed by atoms with Crippen molar-refractivity contribution in [1.29, 1.82) is 0 Å². The molecule has 2 aromatic heterocycles. The summed E-state index contributed by atoms with van der Waals surface area (Å²) in [6.07, 6.45) is 4.95. The molecule has 0 aliphatic heterocycles. The molecular weight excluding hydrogens is 280 g/mol. The zero-order chi connectivity index (χ0) is 14.7. The quantitative estimate of drug-likeness (QED) is 0.783. The van der Waals surface area contributed by atoms with Gasteiger partial charge < -0.3 is 5.32 Å². The van der Waals surface area contributed by atoms with Gasteiger partial charge in [0.15, 0.2) is 0 Å². The summed E-state index contributed by atoms with van der Waals surface area (Å²) in [5, 5.41) is 10.2. The Balaban J connectivity index is 2.12. The van der Waals surface area contributed by atoms with Gasteiger partial charge in [-0.15, -0.1) is 5.10 Å². The molecule has 1 atom stereocenters. The third-order valence-corrected chi connectivity index (χ3v) is 4.45. The molecule has 0 radical (unpaired) electrons. The van der Waals surface area contributed by atoms with Gasteiger partial charge in [-0.2, -0.15) is 0 Å². The van der Waals surface area contributed by atoms with E-state index in [0.717, 1.165) is 24.0 Å². The number of benzene rings is 1. The molecule has 2 heterocycles. The van der Waals surface area contributed by atoms with E-state index in [1.54, 1.807) is 0 Å². The van der Waals surface area contributed by atoms with Gasteiger partial charge in [-0.3, -0.25) is 4.98 Å². The van der Waals surface area contributed by atoms with Crippen LogP contribution in [0.1, 0.15) is 35.5 Å². The van der Waals surface area contributed by atoms with Crippen molar-refractivity contribution < 1.29 is 0 Å². The first kappa shape index (κ1) is 14.1. The van der Waals surface area contributed by atoms with Gasteiger partial charge in [0.25, 0.3) is 0 Å². The predicted octanol–water partition coefficient (Wildman–Crippen LogP) is 3.48. The highest BCUT2D eigenvalue weighted by Crippen LogP contribution is 2.31. The lowest BCUT2D eigenvalue weighted by molar-refractivity contribution is 0.604. The summed E-state index contributed by atoms with van der Waals surface area (Å²) in [7, 11) is 0. The number of fused-ring (bicyclic) bond motifs is 1. The minimum Gasteiger partial charge on any atom is -0.305 e. The Morgan fingerprint density at radius 3 is 2.86 bits per heavy atom. The fourth-order valence-electron chi connectivity index (χ4n) is 2.51. The van der Waals surface area contributed by atoms with E-state index in [1.807, 2.05) is 25.4 Å². The molecule has 1 unspecified atom stereocenters. The summed E-state index contributed by atoms with van der Waals surface area (Å²) in [5.41, 5.74) is 2.18. The molecule has 0 bridgehead atoms. The second kappa shape index (κ2) is 6.28. The predicted molar refractivity (Wildman–Crippen MR) is 86.5 cm³/mol. The maximum absolute atomic E-state index is 4.41. The number of aryl methyl sites for hydroxylation is 1. The van der Waals surface area contributed by atoms with Crippen molar-refractivity contribution in [3.8, 4) is 0 Å². The number of hydrogen-bond donors (Lipinski definition) is 1. The lowest BCUT2D eigenvalue weighted by Crippen LogP contribution is -2.23. The summed E-state index contributed by atoms with van der Waals surface area (Å²) in [5.74, 6) is 0. The third kappa shape index (κ3) is 2.80. The number of pyridine rings is 1. The lowest BCUT2D eigenvalue weighted by Gasteiger charge is -2.19. The van der Waals surface area contributed by atoms with Crippen molar-refractivity contribution in [3.63, 3.8) is 0 Å². The number of rotatable bonds is 5. The van der Waals surface area contributed by atoms with E-state index in [2.05, 4.69) is 45.0 Å². The van der Waals surface area contributed by atoms with E-state index < -0.39 is 0 Å². The van der Waals surface area contributed by atoms with Gasteiger partial charge in [-0.25, -0.2) is 0 Å². The molecule has 0 aliphatic rings. The number of nitrogens with one attached hydrogen (secondary N) is 1. The van der Waals surface area contributed by atoms with Crippen LogP contribution in [-0.4, -0.2) is 21.1 Å². The normalized spacial score (nSPS) is 12.7. The summed E-state index contributed by atoms with van der Waals surface area (Å²) < 4.78 is 4.09. The summed E-state index contributed by atoms with van der Waals surface area (Å²) in [6.45, 7) is 5.13. The van der Waals surface area contributed by atoms with E-state index in [0.29, 0.717) is 0 Å². The monoisotopic (exact) mass is 298 g/mol. The first-order valence-corrected chi connectivity index (χ1v) is 7.93. The Morgan fingerprint density at radius 2 is 2.10 bits per heavy atom. The van der Waals surface area contributed by atoms with Gasteiger partial charge in [-0.1, -0.05) is 35.7 Å². The van der Waals surface area contributed by atoms with E-state index in [9.17, 15) is 0 Å². The highest BCUT2D eigenvalue weighted by molar-refractivity contribution is 7.05. The molecule has 0 spiro atoms. The first-order valence-electron chi connectivity index (χ1n) is 7.16. The molecule has 0 aliphatic carbocycles. The largest absolute Gasteiger partial charge is 0.305 e. The Kier molecular flexibility index (Phi) is 4.22. The minimum absolute atomic E-state index is 0.101. The zero-order valence-corrected chi connectivity index (χ0v) is 13.0. The number of nitrogens with zero attached hydrogens (tertiary/aromatic N) is 3. The summed E-state index contributed by atoms with van der Waals surface area (Å²) in [4.78, 5) is 5.57. The Labute approximate surface area is 128 Å². The van der Waals surface area contributed by atoms with Crippen LogP contribution in [0.4, 0.5) is 0 Å². The van der Waals surface area contributed by atoms with Crippen LogP contribution in [0.25, 0.3) is 10.8 Å². The maximum atomic E-state index is 4.41. The molecule has 21 heavy (non-hydrogen) atoms. The van der Waals surface area contributed by atoms with E-state index in [1.165, 1.54) is 27.4 Å². The molecule has 3 aromatic rings. The molecule has 1 N–H and O–H groups in total. The SMILES string of the molecule is CCCNC(c1snnc1C)c1cncc2ccccc12. The Bertz CT molecular complexity index is 732. The van der Waals surface area contributed by atoms with Gasteiger partial charge in [-0.05, 0) is 36.8 Å². The average molecular weight is 298 g/mol. The molecule has 3 rings (SSSR count). The van der Waals surface area contributed by atoms with Gasteiger partial charge in [0.1, 0.15) is 0 Å². The highest BCUT2D eigenvalue weighted by Gasteiger charge is 2.20. The zero-order valence-electron chi connectivity index (χ0n) is 12.2. The molecule has 0 fully saturated rings. The van der Waals surface area contributed by atoms with Crippen molar-refractivity contribution in [2.45, 2.75) is 26.3 Å². The van der Waals surface area contributed by atoms with Crippen molar-refractivity contribution >= 4 is 22.3 Å². The molecular formula is C16H18N4S. The van der Waals surface area contributed by atoms with Gasteiger partial charge >= 0.3 is 0 Å². The van der Waals surface area contributed by atoms with Crippen molar-refractivity contribution in [2.75, 3.05) is 6.54 Å². The molecule has 0 amide bonds. The topological polar surface area (TPSA) is 50.7 Å². The molecule has 1 aromatic carbocycles. The van der Waals surface area contributed by atoms with E-state index in [-0.39, 0.29) is 6.04 Å². The van der Waals surface area contributed by atoms with Crippen LogP contribution in [-0.2, 0) is 0 Å². The van der Waals surface area contributed by atoms with Crippen LogP contribution < -0.4 is 5.32 Å². The van der Waals surface area contributed by atoms with E-state index in [4.69, 9.17) is 0 Å². The highest BCUT2D eigenvalue weighted by atomic mass is 32.1. The third-order valence-electron chi connectivity index (χ3n) is 3.56. The summed E-state index contributed by atoms with van der Waals surface area (Å²) >= 11 is 1.46. The van der Waals surface area contributed by atoms with Crippen LogP contribution in [0.15, 0.2) is 36.7 Å². The minimum atomic E-state index is 0.101. The fraction of sp³-hybridized carbons (Fsp3) is 0.312. The van der Waals surface area contributed by atoms with Gasteiger partial charge in [0.2, 0.25) is 0 Å². The van der Waals surface area contributed by atoms with E-state index >= 15 is 0 Å². The van der Waals surface area contributed by atoms with Crippen LogP contribution in [0, 0.1) is 6.92 Å². The second-order valence-corrected chi connectivity index (χ2v) is 5.85. The van der Waals surface area contributed by atoms with Crippen molar-refractivity contribution in [3.05, 3.63) is 52.8 Å². The van der Waals surface area contributed by atoms with Gasteiger partial charge in [0, 0.05) is 23.3 Å². The average Bonchev–Trinajstić information content (AvgIpc) is 2.94. The standard InChI is InChI=1S/C16H18N4S/c1-3-8-18-15(16-11(2)19-20-21-16)14-10-17-9-12-6-4-5-7-13(12)14/h4-7,9-10,15,18H,3,8H2,1-2H3. The molecule has 4 nitrogen and oxygen atoms in total. The number of aromatic nitrogens is 3. The smallest absolute Gasteiger partial charge is 0.0776 e. The second-order valence-electron chi connectivity index (χ2n) is 5.06. The van der Waals surface area contributed by atoms with Crippen LogP contribution in [0.3, 0.4) is 0 Å². The lowest BCUT2D eigenvalue weighted by atomic mass is 9.99. The Hall–Kier alpha value is -1.85. The maximum Gasteiger partial charge on any atom is 0.0776 e. The molecule has 0 saturated carbocycles. The van der Waals surface area contributed by atoms with Crippen molar-refractivity contribution in [2.24, 2.45) is 0 Å². The Morgan fingerprint density at radius 1 is 1.24 bits per heavy atom. The molecule has 5 heteroatoms. The fourth-order valence-corrected chi connectivity index (χ4v) is 3.24. The van der Waals surface area contributed by atoms with Gasteiger partial charge in [0.05, 0.1) is 16.6 Å². The first-order chi connectivity index (χ1) is 10.3. The van der Waals surface area contributed by atoms with Crippen molar-refractivity contribution in [1.82, 2.24) is 19.9 Å².